The van der Waals surface area contributed by atoms with E-state index in [0.29, 0.717) is 11.8 Å². The van der Waals surface area contributed by atoms with Crippen molar-refractivity contribution in [1.29, 1.82) is 0 Å². The van der Waals surface area contributed by atoms with Gasteiger partial charge in [0.2, 0.25) is 0 Å². The predicted molar refractivity (Wildman–Crippen MR) is 152 cm³/mol. The Kier molecular flexibility index (Phi) is 6.84. The van der Waals surface area contributed by atoms with E-state index >= 15 is 0 Å². The van der Waals surface area contributed by atoms with Crippen LogP contribution in [-0.2, 0) is 9.53 Å². The number of carbonyl (C=O) groups is 1. The molecule has 11 atom stereocenters. The van der Waals surface area contributed by atoms with Crippen LogP contribution >= 0.6 is 0 Å². The van der Waals surface area contributed by atoms with Crippen LogP contribution in [0.2, 0.25) is 0 Å². The van der Waals surface area contributed by atoms with Crippen molar-refractivity contribution in [1.82, 2.24) is 0 Å². The van der Waals surface area contributed by atoms with E-state index in [4.69, 9.17) is 4.74 Å². The fraction of sp³-hybridized carbons (Fsp3) is 0.912. The maximum Gasteiger partial charge on any atom is 0.302 e. The second-order valence-corrected chi connectivity index (χ2v) is 16.0. The summed E-state index contributed by atoms with van der Waals surface area (Å²) in [5.74, 6) is 1.64. The Bertz CT molecular complexity index is 983. The molecule has 2 N–H and O–H groups in total. The van der Waals surface area contributed by atoms with E-state index in [1.165, 1.54) is 31.8 Å². The molecular weight excluding hydrogens is 472 g/mol. The van der Waals surface area contributed by atoms with Crippen molar-refractivity contribution in [3.8, 4) is 0 Å². The molecular formula is C34H56O4. The van der Waals surface area contributed by atoms with Gasteiger partial charge in [0.15, 0.2) is 0 Å². The molecule has 0 bridgehead atoms. The lowest BCUT2D eigenvalue weighted by Gasteiger charge is -2.70. The van der Waals surface area contributed by atoms with Crippen LogP contribution in [0.15, 0.2) is 11.6 Å². The minimum Gasteiger partial charge on any atom is -0.462 e. The van der Waals surface area contributed by atoms with Gasteiger partial charge < -0.3 is 14.9 Å². The van der Waals surface area contributed by atoms with Crippen LogP contribution in [0.25, 0.3) is 0 Å². The third-order valence-electron chi connectivity index (χ3n) is 13.9. The second kappa shape index (κ2) is 9.07. The summed E-state index contributed by atoms with van der Waals surface area (Å²) in [6, 6.07) is 0. The van der Waals surface area contributed by atoms with E-state index in [2.05, 4.69) is 61.5 Å². The van der Waals surface area contributed by atoms with Crippen LogP contribution in [0.1, 0.15) is 120 Å². The number of esters is 1. The molecule has 0 heterocycles. The summed E-state index contributed by atoms with van der Waals surface area (Å²) in [6.45, 7) is 20.5. The maximum atomic E-state index is 12.1. The summed E-state index contributed by atoms with van der Waals surface area (Å²) in [7, 11) is 0. The fourth-order valence-electron chi connectivity index (χ4n) is 12.2. The maximum absolute atomic E-state index is 12.1. The first-order valence-electron chi connectivity index (χ1n) is 15.8. The number of rotatable bonds is 4. The summed E-state index contributed by atoms with van der Waals surface area (Å²) >= 11 is 0. The molecule has 4 saturated carbocycles. The lowest BCUT2D eigenvalue weighted by Crippen LogP contribution is -2.66. The van der Waals surface area contributed by atoms with Gasteiger partial charge in [-0.05, 0) is 96.7 Å². The van der Waals surface area contributed by atoms with Crippen LogP contribution in [0.3, 0.4) is 0 Å². The van der Waals surface area contributed by atoms with Gasteiger partial charge >= 0.3 is 5.97 Å². The summed E-state index contributed by atoms with van der Waals surface area (Å²) in [5, 5.41) is 23.9. The van der Waals surface area contributed by atoms with Gasteiger partial charge in [-0.1, -0.05) is 73.5 Å². The Hall–Kier alpha value is -0.870. The molecule has 0 aliphatic heterocycles. The number of aliphatic hydroxyl groups is 2. The molecule has 38 heavy (non-hydrogen) atoms. The Morgan fingerprint density at radius 1 is 1.03 bits per heavy atom. The van der Waals surface area contributed by atoms with Gasteiger partial charge in [-0.15, -0.1) is 0 Å². The summed E-state index contributed by atoms with van der Waals surface area (Å²) in [6.07, 6.45) is 11.0. The van der Waals surface area contributed by atoms with Crippen molar-refractivity contribution < 1.29 is 19.7 Å². The van der Waals surface area contributed by atoms with Gasteiger partial charge in [-0.3, -0.25) is 4.79 Å². The molecule has 0 aromatic carbocycles. The summed E-state index contributed by atoms with van der Waals surface area (Å²) < 4.78 is 5.85. The molecule has 0 aromatic heterocycles. The van der Waals surface area contributed by atoms with E-state index in [-0.39, 0.29) is 63.0 Å². The molecule has 4 nitrogen and oxygen atoms in total. The molecule has 0 aromatic rings. The van der Waals surface area contributed by atoms with Gasteiger partial charge in [0, 0.05) is 18.3 Å². The Morgan fingerprint density at radius 3 is 2.32 bits per heavy atom. The molecule has 4 fully saturated rings. The zero-order valence-corrected chi connectivity index (χ0v) is 25.8. The van der Waals surface area contributed by atoms with Crippen molar-refractivity contribution >= 4 is 5.97 Å². The first kappa shape index (κ1) is 28.7. The molecule has 5 rings (SSSR count). The number of ether oxygens (including phenoxy) is 1. The van der Waals surface area contributed by atoms with E-state index in [1.807, 2.05) is 0 Å². The SMILES string of the molecule is CCC[C@@]12CC[C@@]3(C)[C@H]4C(=CC[C@]3(C)[C@H]1[C@H](O)C[C@H]2C(C)C)[C@@]1(C)CC[C@H](OC(C)=O)C(C)(C)[C@@H]1C[C@@H]4O. The number of hydrogen-bond acceptors (Lipinski definition) is 4. The molecule has 216 valence electrons. The third-order valence-corrected chi connectivity index (χ3v) is 13.9. The lowest BCUT2D eigenvalue weighted by molar-refractivity contribution is -0.210. The van der Waals surface area contributed by atoms with Crippen molar-refractivity contribution in [3.63, 3.8) is 0 Å². The van der Waals surface area contributed by atoms with Crippen LogP contribution in [0.4, 0.5) is 0 Å². The van der Waals surface area contributed by atoms with Crippen LogP contribution in [0.5, 0.6) is 0 Å². The molecule has 5 aliphatic rings. The quantitative estimate of drug-likeness (QED) is 0.296. The van der Waals surface area contributed by atoms with Gasteiger partial charge in [-0.25, -0.2) is 0 Å². The third kappa shape index (κ3) is 3.57. The molecule has 0 radical (unpaired) electrons. The highest BCUT2D eigenvalue weighted by atomic mass is 16.5. The second-order valence-electron chi connectivity index (χ2n) is 16.0. The van der Waals surface area contributed by atoms with E-state index < -0.39 is 6.10 Å². The van der Waals surface area contributed by atoms with Crippen LogP contribution in [-0.4, -0.2) is 34.5 Å². The lowest BCUT2D eigenvalue weighted by atomic mass is 9.34. The largest absolute Gasteiger partial charge is 0.462 e. The topological polar surface area (TPSA) is 66.8 Å². The monoisotopic (exact) mass is 528 g/mol. The number of carbonyl (C=O) groups excluding carboxylic acids is 1. The predicted octanol–water partition coefficient (Wildman–Crippen LogP) is 7.32. The Labute approximate surface area is 232 Å². The first-order chi connectivity index (χ1) is 17.6. The molecule has 0 saturated heterocycles. The number of aliphatic hydroxyl groups excluding tert-OH is 2. The molecule has 4 heteroatoms. The Balaban J connectivity index is 1.58. The van der Waals surface area contributed by atoms with Crippen LogP contribution in [0, 0.1) is 56.7 Å². The highest BCUT2D eigenvalue weighted by Crippen LogP contribution is 2.77. The normalized spacial score (nSPS) is 51.4. The zero-order chi connectivity index (χ0) is 28.1. The molecule has 0 spiro atoms. The van der Waals surface area contributed by atoms with Gasteiger partial charge in [0.1, 0.15) is 6.10 Å². The fourth-order valence-corrected chi connectivity index (χ4v) is 12.2. The van der Waals surface area contributed by atoms with Gasteiger partial charge in [0.25, 0.3) is 0 Å². The van der Waals surface area contributed by atoms with E-state index in [0.717, 1.165) is 38.5 Å². The van der Waals surface area contributed by atoms with E-state index in [1.54, 1.807) is 0 Å². The minimum absolute atomic E-state index is 0.00109. The van der Waals surface area contributed by atoms with Gasteiger partial charge in [-0.2, -0.15) is 0 Å². The molecule has 0 amide bonds. The van der Waals surface area contributed by atoms with E-state index in [9.17, 15) is 15.0 Å². The van der Waals surface area contributed by atoms with Crippen molar-refractivity contribution in [2.45, 2.75) is 138 Å². The van der Waals surface area contributed by atoms with Crippen molar-refractivity contribution in [3.05, 3.63) is 11.6 Å². The smallest absolute Gasteiger partial charge is 0.302 e. The Morgan fingerprint density at radius 2 is 1.71 bits per heavy atom. The minimum atomic E-state index is -0.405. The highest BCUT2D eigenvalue weighted by Gasteiger charge is 2.72. The molecule has 5 aliphatic carbocycles. The summed E-state index contributed by atoms with van der Waals surface area (Å²) in [4.78, 5) is 11.9. The first-order valence-corrected chi connectivity index (χ1v) is 15.8. The standard InChI is InChI=1S/C34H56O4/c1-10-13-34-17-16-32(8)28-22(11-15-33(32,9)29(34)25(37)18-23(34)20(2)3)31(7)14-12-27(38-21(4)35)30(5,6)26(31)19-24(28)36/h11,20,23-29,36-37H,10,12-19H2,1-9H3/t23-,24-,25+,26-,27-,28-,29+,31+,32-,33+,34-/m0/s1. The van der Waals surface area contributed by atoms with Crippen molar-refractivity contribution in [2.75, 3.05) is 0 Å². The number of hydrogen-bond donors (Lipinski definition) is 2. The summed E-state index contributed by atoms with van der Waals surface area (Å²) in [5.41, 5.74) is 1.41. The highest BCUT2D eigenvalue weighted by molar-refractivity contribution is 5.66. The number of fused-ring (bicyclic) bond motifs is 7. The van der Waals surface area contributed by atoms with Crippen LogP contribution < -0.4 is 0 Å². The average molecular weight is 529 g/mol. The number of allylic oxidation sites excluding steroid dienone is 1. The molecule has 0 unspecified atom stereocenters. The zero-order valence-electron chi connectivity index (χ0n) is 25.8. The van der Waals surface area contributed by atoms with Crippen molar-refractivity contribution in [2.24, 2.45) is 56.7 Å². The average Bonchev–Trinajstić information content (AvgIpc) is 3.12. The van der Waals surface area contributed by atoms with Gasteiger partial charge in [0.05, 0.1) is 12.2 Å².